The van der Waals surface area contributed by atoms with Gasteiger partial charge in [-0.05, 0) is 86.5 Å². The number of carbonyl (C=O) groups excluding carboxylic acids is 1. The van der Waals surface area contributed by atoms with Crippen LogP contribution in [-0.4, -0.2) is 41.1 Å². The molecule has 1 aliphatic heterocycles. The topological polar surface area (TPSA) is 85.4 Å². The number of hydrogen-bond donors (Lipinski definition) is 0. The summed E-state index contributed by atoms with van der Waals surface area (Å²) in [7, 11) is -2.69. The second kappa shape index (κ2) is 15.1. The minimum atomic E-state index is -4.09. The number of carbonyl (C=O) groups is 1. The molecule has 0 bridgehead atoms. The average molecular weight is 691 g/mol. The smallest absolute Gasteiger partial charge is 0.339 e. The molecule has 1 unspecified atom stereocenters. The highest BCUT2D eigenvalue weighted by atomic mass is 32.2. The van der Waals surface area contributed by atoms with Gasteiger partial charge < -0.3 is 23.5 Å². The molecule has 0 saturated heterocycles. The number of hydrogen-bond acceptors (Lipinski definition) is 8. The Balaban J connectivity index is 1.47. The van der Waals surface area contributed by atoms with Crippen LogP contribution in [0.15, 0.2) is 120 Å². The normalized spacial score (nSPS) is 13.4. The lowest BCUT2D eigenvalue weighted by molar-refractivity contribution is 0.0599. The zero-order valence-corrected chi connectivity index (χ0v) is 29.7. The lowest BCUT2D eigenvalue weighted by atomic mass is 9.80. The SMILES string of the molecule is CCCCN(c1cccc(S(=O)(=O)Oc2ccccc2)c1)c1ccc2c(c1)C(c1ccccc1C(=O)OC)c1ccc(N(CC)CC)cc1O2. The van der Waals surface area contributed by atoms with Gasteiger partial charge in [-0.3, -0.25) is 0 Å². The van der Waals surface area contributed by atoms with Gasteiger partial charge in [-0.25, -0.2) is 4.79 Å². The van der Waals surface area contributed by atoms with Crippen LogP contribution in [0.4, 0.5) is 17.1 Å². The van der Waals surface area contributed by atoms with E-state index in [0.717, 1.165) is 59.7 Å². The molecule has 0 amide bonds. The zero-order valence-electron chi connectivity index (χ0n) is 28.8. The van der Waals surface area contributed by atoms with Gasteiger partial charge in [0.25, 0.3) is 0 Å². The van der Waals surface area contributed by atoms with Crippen molar-refractivity contribution in [2.75, 3.05) is 36.5 Å². The van der Waals surface area contributed by atoms with E-state index in [0.29, 0.717) is 23.5 Å². The molecule has 8 nitrogen and oxygen atoms in total. The van der Waals surface area contributed by atoms with E-state index in [2.05, 4.69) is 54.8 Å². The molecule has 50 heavy (non-hydrogen) atoms. The lowest BCUT2D eigenvalue weighted by Gasteiger charge is -2.33. The third-order valence-corrected chi connectivity index (χ3v) is 10.3. The summed E-state index contributed by atoms with van der Waals surface area (Å²) in [5, 5.41) is 0. The van der Waals surface area contributed by atoms with Crippen LogP contribution in [0.25, 0.3) is 0 Å². The number of methoxy groups -OCH3 is 1. The van der Waals surface area contributed by atoms with Gasteiger partial charge in [-0.1, -0.05) is 61.9 Å². The number of esters is 1. The number of anilines is 3. The number of unbranched alkanes of at least 4 members (excludes halogenated alkanes) is 1. The molecule has 6 rings (SSSR count). The summed E-state index contributed by atoms with van der Waals surface area (Å²) in [5.41, 5.74) is 5.76. The molecule has 0 radical (unpaired) electrons. The molecule has 0 aromatic heterocycles. The predicted molar refractivity (Wildman–Crippen MR) is 198 cm³/mol. The standard InChI is InChI=1S/C41H42N2O6S/c1-5-8-25-43(30-15-14-18-33(26-30)50(45,46)49-32-16-10-9-11-17-32)31-22-24-38-37(27-31)40(34-19-12-13-20-35(34)41(44)47-4)36-23-21-29(28-39(36)48-38)42(6-2)7-3/h9-24,26-28,40H,5-8,25H2,1-4H3. The predicted octanol–water partition coefficient (Wildman–Crippen LogP) is 9.31. The number of benzene rings is 5. The van der Waals surface area contributed by atoms with Gasteiger partial charge in [0.2, 0.25) is 0 Å². The number of ether oxygens (including phenoxy) is 2. The third-order valence-electron chi connectivity index (χ3n) is 9.05. The van der Waals surface area contributed by atoms with Gasteiger partial charge in [-0.2, -0.15) is 8.42 Å². The molecular weight excluding hydrogens is 649 g/mol. The van der Waals surface area contributed by atoms with Crippen LogP contribution in [0.1, 0.15) is 66.6 Å². The molecule has 5 aromatic rings. The summed E-state index contributed by atoms with van der Waals surface area (Å²) in [5.74, 6) is 0.919. The maximum absolute atomic E-state index is 13.4. The largest absolute Gasteiger partial charge is 0.465 e. The summed E-state index contributed by atoms with van der Waals surface area (Å²) in [4.78, 5) is 17.5. The molecule has 0 N–H and O–H groups in total. The van der Waals surface area contributed by atoms with Crippen molar-refractivity contribution < 1.29 is 26.9 Å². The van der Waals surface area contributed by atoms with Crippen molar-refractivity contribution in [2.45, 2.75) is 44.4 Å². The van der Waals surface area contributed by atoms with Gasteiger partial charge in [-0.15, -0.1) is 0 Å². The van der Waals surface area contributed by atoms with E-state index in [1.807, 2.05) is 36.4 Å². The number of fused-ring (bicyclic) bond motifs is 2. The molecule has 5 aromatic carbocycles. The zero-order chi connectivity index (χ0) is 35.3. The van der Waals surface area contributed by atoms with Crippen molar-refractivity contribution >= 4 is 33.1 Å². The minimum Gasteiger partial charge on any atom is -0.465 e. The van der Waals surface area contributed by atoms with Crippen molar-refractivity contribution in [3.8, 4) is 17.2 Å². The number of rotatable bonds is 13. The van der Waals surface area contributed by atoms with E-state index in [4.69, 9.17) is 13.7 Å². The van der Waals surface area contributed by atoms with Crippen molar-refractivity contribution in [1.82, 2.24) is 0 Å². The van der Waals surface area contributed by atoms with E-state index in [1.54, 1.807) is 54.6 Å². The Morgan fingerprint density at radius 3 is 2.18 bits per heavy atom. The Kier molecular flexibility index (Phi) is 10.4. The Morgan fingerprint density at radius 2 is 1.44 bits per heavy atom. The second-order valence-electron chi connectivity index (χ2n) is 12.1. The first-order chi connectivity index (χ1) is 24.3. The highest BCUT2D eigenvalue weighted by Crippen LogP contribution is 2.50. The van der Waals surface area contributed by atoms with Crippen molar-refractivity contribution in [1.29, 1.82) is 0 Å². The summed E-state index contributed by atoms with van der Waals surface area (Å²) >= 11 is 0. The molecule has 9 heteroatoms. The quantitative estimate of drug-likeness (QED) is 0.0876. The first kappa shape index (κ1) is 34.6. The number of nitrogens with zero attached hydrogens (tertiary/aromatic N) is 2. The molecule has 0 aliphatic carbocycles. The van der Waals surface area contributed by atoms with Gasteiger partial charge in [0.15, 0.2) is 0 Å². The molecule has 1 atom stereocenters. The monoisotopic (exact) mass is 690 g/mol. The van der Waals surface area contributed by atoms with Crippen LogP contribution < -0.4 is 18.7 Å². The average Bonchev–Trinajstić information content (AvgIpc) is 3.14. The van der Waals surface area contributed by atoms with Crippen LogP contribution in [0.3, 0.4) is 0 Å². The van der Waals surface area contributed by atoms with E-state index in [-0.39, 0.29) is 16.6 Å². The highest BCUT2D eigenvalue weighted by molar-refractivity contribution is 7.87. The maximum atomic E-state index is 13.4. The Labute approximate surface area is 295 Å². The Bertz CT molecular complexity index is 2080. The minimum absolute atomic E-state index is 0.0597. The fraction of sp³-hybridized carbons (Fsp3) is 0.244. The molecule has 0 fully saturated rings. The van der Waals surface area contributed by atoms with Crippen molar-refractivity contribution in [3.63, 3.8) is 0 Å². The maximum Gasteiger partial charge on any atom is 0.339 e. The molecule has 258 valence electrons. The molecule has 1 aliphatic rings. The molecule has 0 saturated carbocycles. The fourth-order valence-corrected chi connectivity index (χ4v) is 7.48. The second-order valence-corrected chi connectivity index (χ2v) is 13.6. The van der Waals surface area contributed by atoms with Gasteiger partial charge in [0, 0.05) is 59.8 Å². The molecule has 0 spiro atoms. The molecular formula is C41H42N2O6S. The first-order valence-corrected chi connectivity index (χ1v) is 18.4. The van der Waals surface area contributed by atoms with E-state index < -0.39 is 16.1 Å². The number of para-hydroxylation sites is 1. The Morgan fingerprint density at radius 1 is 0.720 bits per heavy atom. The summed E-state index contributed by atoms with van der Waals surface area (Å²) in [6.07, 6.45) is 1.81. The van der Waals surface area contributed by atoms with Crippen molar-refractivity contribution in [3.05, 3.63) is 138 Å². The van der Waals surface area contributed by atoms with E-state index >= 15 is 0 Å². The van der Waals surface area contributed by atoms with Crippen molar-refractivity contribution in [2.24, 2.45) is 0 Å². The van der Waals surface area contributed by atoms with E-state index in [9.17, 15) is 13.2 Å². The van der Waals surface area contributed by atoms with Crippen LogP contribution in [0.2, 0.25) is 0 Å². The van der Waals surface area contributed by atoms with Crippen LogP contribution in [0.5, 0.6) is 17.2 Å². The van der Waals surface area contributed by atoms with Gasteiger partial charge in [0.05, 0.1) is 12.7 Å². The first-order valence-electron chi connectivity index (χ1n) is 17.0. The lowest BCUT2D eigenvalue weighted by Crippen LogP contribution is -2.23. The van der Waals surface area contributed by atoms with Gasteiger partial charge >= 0.3 is 16.1 Å². The van der Waals surface area contributed by atoms with Crippen LogP contribution >= 0.6 is 0 Å². The summed E-state index contributed by atoms with van der Waals surface area (Å²) in [6, 6.07) is 35.2. The van der Waals surface area contributed by atoms with E-state index in [1.165, 1.54) is 7.11 Å². The summed E-state index contributed by atoms with van der Waals surface area (Å²) in [6.45, 7) is 8.74. The fourth-order valence-electron chi connectivity index (χ4n) is 6.50. The van der Waals surface area contributed by atoms with Crippen LogP contribution in [0, 0.1) is 0 Å². The Hall–Kier alpha value is -5.28. The highest BCUT2D eigenvalue weighted by Gasteiger charge is 2.33. The van der Waals surface area contributed by atoms with Gasteiger partial charge in [0.1, 0.15) is 22.1 Å². The van der Waals surface area contributed by atoms with Crippen LogP contribution in [-0.2, 0) is 14.9 Å². The summed E-state index contributed by atoms with van der Waals surface area (Å²) < 4.78 is 44.0. The molecule has 1 heterocycles. The third kappa shape index (κ3) is 7.05.